The molecule has 2 aromatic rings. The second-order valence-electron chi connectivity index (χ2n) is 5.14. The molecular formula is C15H16ClN3O. The number of nitrogens with zero attached hydrogens (tertiary/aromatic N) is 2. The van der Waals surface area contributed by atoms with Gasteiger partial charge in [-0.3, -0.25) is 9.48 Å². The van der Waals surface area contributed by atoms with Crippen molar-refractivity contribution in [2.24, 2.45) is 13.0 Å². The molecule has 104 valence electrons. The first-order valence-corrected chi connectivity index (χ1v) is 7.03. The van der Waals surface area contributed by atoms with Crippen LogP contribution in [0.15, 0.2) is 36.5 Å². The van der Waals surface area contributed by atoms with Crippen LogP contribution in [0, 0.1) is 5.92 Å². The summed E-state index contributed by atoms with van der Waals surface area (Å²) in [4.78, 5) is 12.1. The maximum Gasteiger partial charge on any atom is 0.224 e. The van der Waals surface area contributed by atoms with Crippen LogP contribution in [-0.2, 0) is 18.4 Å². The smallest absolute Gasteiger partial charge is 0.224 e. The van der Waals surface area contributed by atoms with E-state index in [9.17, 15) is 4.79 Å². The largest absolute Gasteiger partial charge is 0.350 e. The van der Waals surface area contributed by atoms with Gasteiger partial charge in [-0.25, -0.2) is 0 Å². The van der Waals surface area contributed by atoms with Gasteiger partial charge in [-0.05, 0) is 17.9 Å². The van der Waals surface area contributed by atoms with Gasteiger partial charge in [-0.2, -0.15) is 5.10 Å². The van der Waals surface area contributed by atoms with Gasteiger partial charge in [0.05, 0.1) is 23.5 Å². The Bertz CT molecular complexity index is 604. The van der Waals surface area contributed by atoms with Crippen molar-refractivity contribution >= 4 is 17.5 Å². The fourth-order valence-electron chi connectivity index (χ4n) is 2.49. The molecule has 1 aromatic carbocycles. The molecule has 3 rings (SSSR count). The Labute approximate surface area is 122 Å². The van der Waals surface area contributed by atoms with Gasteiger partial charge >= 0.3 is 0 Å². The highest BCUT2D eigenvalue weighted by atomic mass is 35.5. The van der Waals surface area contributed by atoms with E-state index in [-0.39, 0.29) is 11.8 Å². The highest BCUT2D eigenvalue weighted by molar-refractivity contribution is 6.31. The van der Waals surface area contributed by atoms with E-state index in [1.807, 2.05) is 25.2 Å². The second kappa shape index (κ2) is 5.29. The Hall–Kier alpha value is -1.81. The molecule has 1 aliphatic rings. The predicted octanol–water partition coefficient (Wildman–Crippen LogP) is 2.49. The minimum absolute atomic E-state index is 0.0874. The van der Waals surface area contributed by atoms with Gasteiger partial charge in [0, 0.05) is 13.0 Å². The minimum atomic E-state index is 0.0874. The molecule has 20 heavy (non-hydrogen) atoms. The number of carbonyl (C=O) groups is 1. The summed E-state index contributed by atoms with van der Waals surface area (Å²) in [6.45, 7) is 0.423. The summed E-state index contributed by atoms with van der Waals surface area (Å²) >= 11 is 6.01. The third-order valence-electron chi connectivity index (χ3n) is 3.80. The summed E-state index contributed by atoms with van der Waals surface area (Å²) in [5.74, 6) is 0.540. The Morgan fingerprint density at radius 1 is 1.45 bits per heavy atom. The number of rotatable bonds is 4. The Balaban J connectivity index is 1.57. The third kappa shape index (κ3) is 2.56. The molecular weight excluding hydrogens is 274 g/mol. The molecule has 0 radical (unpaired) electrons. The number of benzene rings is 1. The van der Waals surface area contributed by atoms with Gasteiger partial charge in [0.1, 0.15) is 0 Å². The molecule has 1 aromatic heterocycles. The van der Waals surface area contributed by atoms with Crippen molar-refractivity contribution in [3.05, 3.63) is 52.8 Å². The van der Waals surface area contributed by atoms with Gasteiger partial charge in [0.2, 0.25) is 5.91 Å². The minimum Gasteiger partial charge on any atom is -0.350 e. The van der Waals surface area contributed by atoms with Gasteiger partial charge in [0.25, 0.3) is 0 Å². The maximum absolute atomic E-state index is 12.1. The molecule has 1 fully saturated rings. The summed E-state index contributed by atoms with van der Waals surface area (Å²) < 4.78 is 1.68. The van der Waals surface area contributed by atoms with Crippen molar-refractivity contribution in [2.45, 2.75) is 18.9 Å². The number of aryl methyl sites for hydroxylation is 1. The van der Waals surface area contributed by atoms with Crippen LogP contribution in [0.5, 0.6) is 0 Å². The van der Waals surface area contributed by atoms with Gasteiger partial charge < -0.3 is 5.32 Å². The SMILES string of the molecule is Cn1ncc(Cl)c1CNC(=O)C1CC1c1ccccc1. The molecule has 1 amide bonds. The first-order valence-electron chi connectivity index (χ1n) is 6.66. The molecule has 1 N–H and O–H groups in total. The maximum atomic E-state index is 12.1. The number of halogens is 1. The molecule has 2 atom stereocenters. The summed E-state index contributed by atoms with van der Waals surface area (Å²) in [7, 11) is 1.82. The van der Waals surface area contributed by atoms with Crippen LogP contribution in [-0.4, -0.2) is 15.7 Å². The molecule has 1 heterocycles. The van der Waals surface area contributed by atoms with E-state index in [0.717, 1.165) is 12.1 Å². The van der Waals surface area contributed by atoms with Crippen LogP contribution in [0.1, 0.15) is 23.6 Å². The number of aromatic nitrogens is 2. The van der Waals surface area contributed by atoms with Crippen molar-refractivity contribution in [3.63, 3.8) is 0 Å². The monoisotopic (exact) mass is 289 g/mol. The van der Waals surface area contributed by atoms with E-state index >= 15 is 0 Å². The molecule has 0 saturated heterocycles. The van der Waals surface area contributed by atoms with Gasteiger partial charge in [0.15, 0.2) is 0 Å². The van der Waals surface area contributed by atoms with Crippen LogP contribution < -0.4 is 5.32 Å². The molecule has 1 aliphatic carbocycles. The van der Waals surface area contributed by atoms with Crippen molar-refractivity contribution in [1.82, 2.24) is 15.1 Å². The molecule has 4 nitrogen and oxygen atoms in total. The molecule has 0 bridgehead atoms. The van der Waals surface area contributed by atoms with Crippen LogP contribution >= 0.6 is 11.6 Å². The Kier molecular flexibility index (Phi) is 3.49. The van der Waals surface area contributed by atoms with E-state index in [1.54, 1.807) is 10.9 Å². The third-order valence-corrected chi connectivity index (χ3v) is 4.11. The lowest BCUT2D eigenvalue weighted by atomic mass is 10.1. The van der Waals surface area contributed by atoms with Crippen molar-refractivity contribution in [3.8, 4) is 0 Å². The molecule has 0 spiro atoms. The van der Waals surface area contributed by atoms with Crippen molar-refractivity contribution in [2.75, 3.05) is 0 Å². The van der Waals surface area contributed by atoms with Crippen LogP contribution in [0.2, 0.25) is 5.02 Å². The van der Waals surface area contributed by atoms with E-state index in [0.29, 0.717) is 17.5 Å². The molecule has 1 saturated carbocycles. The molecule has 5 heteroatoms. The number of amides is 1. The Morgan fingerprint density at radius 2 is 2.20 bits per heavy atom. The second-order valence-corrected chi connectivity index (χ2v) is 5.55. The average Bonchev–Trinajstić information content (AvgIpc) is 3.20. The van der Waals surface area contributed by atoms with Crippen LogP contribution in [0.3, 0.4) is 0 Å². The average molecular weight is 290 g/mol. The number of carbonyl (C=O) groups excluding carboxylic acids is 1. The lowest BCUT2D eigenvalue weighted by Crippen LogP contribution is -2.26. The normalized spacial score (nSPS) is 20.7. The van der Waals surface area contributed by atoms with E-state index in [2.05, 4.69) is 22.5 Å². The lowest BCUT2D eigenvalue weighted by Gasteiger charge is -2.06. The van der Waals surface area contributed by atoms with Crippen molar-refractivity contribution in [1.29, 1.82) is 0 Å². The number of nitrogens with one attached hydrogen (secondary N) is 1. The van der Waals surface area contributed by atoms with Crippen molar-refractivity contribution < 1.29 is 4.79 Å². The zero-order chi connectivity index (χ0) is 14.1. The van der Waals surface area contributed by atoms with E-state index in [4.69, 9.17) is 11.6 Å². The van der Waals surface area contributed by atoms with E-state index < -0.39 is 0 Å². The highest BCUT2D eigenvalue weighted by Gasteiger charge is 2.43. The van der Waals surface area contributed by atoms with Gasteiger partial charge in [-0.15, -0.1) is 0 Å². The fraction of sp³-hybridized carbons (Fsp3) is 0.333. The van der Waals surface area contributed by atoms with Crippen LogP contribution in [0.4, 0.5) is 0 Å². The predicted molar refractivity (Wildman–Crippen MR) is 77.4 cm³/mol. The molecule has 0 aliphatic heterocycles. The van der Waals surface area contributed by atoms with Gasteiger partial charge in [-0.1, -0.05) is 41.9 Å². The zero-order valence-corrected chi connectivity index (χ0v) is 12.0. The Morgan fingerprint density at radius 3 is 2.85 bits per heavy atom. The van der Waals surface area contributed by atoms with E-state index in [1.165, 1.54) is 5.56 Å². The number of hydrogen-bond acceptors (Lipinski definition) is 2. The van der Waals surface area contributed by atoms with Crippen LogP contribution in [0.25, 0.3) is 0 Å². The summed E-state index contributed by atoms with van der Waals surface area (Å²) in [6, 6.07) is 10.2. The standard InChI is InChI=1S/C15H16ClN3O/c1-19-14(13(16)8-18-19)9-17-15(20)12-7-11(12)10-5-3-2-4-6-10/h2-6,8,11-12H,7,9H2,1H3,(H,17,20). The summed E-state index contributed by atoms with van der Waals surface area (Å²) in [5.41, 5.74) is 2.07. The first kappa shape index (κ1) is 13.2. The fourth-order valence-corrected chi connectivity index (χ4v) is 2.72. The number of hydrogen-bond donors (Lipinski definition) is 1. The summed E-state index contributed by atoms with van der Waals surface area (Å²) in [6.07, 6.45) is 2.52. The first-order chi connectivity index (χ1) is 9.66. The lowest BCUT2D eigenvalue weighted by molar-refractivity contribution is -0.122. The zero-order valence-electron chi connectivity index (χ0n) is 11.2. The molecule has 2 unspecified atom stereocenters. The topological polar surface area (TPSA) is 46.9 Å². The summed E-state index contributed by atoms with van der Waals surface area (Å²) in [5, 5.41) is 7.58. The quantitative estimate of drug-likeness (QED) is 0.940. The highest BCUT2D eigenvalue weighted by Crippen LogP contribution is 2.47.